The molecule has 0 atom stereocenters. The molecule has 318 valence electrons. The number of hydrogen-bond acceptors (Lipinski definition) is 9. The molecule has 0 radical (unpaired) electrons. The van der Waals surface area contributed by atoms with E-state index in [1.807, 2.05) is 54.9 Å². The number of nitro groups is 1. The Kier molecular flexibility index (Phi) is 13.2. The fourth-order valence-corrected chi connectivity index (χ4v) is 8.45. The third kappa shape index (κ3) is 10.2. The molecular formula is C46H42F4N8O2S2. The van der Waals surface area contributed by atoms with Crippen molar-refractivity contribution in [2.45, 2.75) is 53.6 Å². The van der Waals surface area contributed by atoms with Gasteiger partial charge in [-0.2, -0.15) is 10.2 Å². The van der Waals surface area contributed by atoms with Crippen molar-refractivity contribution in [3.05, 3.63) is 175 Å². The first-order chi connectivity index (χ1) is 29.8. The number of rotatable bonds is 13. The van der Waals surface area contributed by atoms with Crippen LogP contribution in [0.3, 0.4) is 0 Å². The van der Waals surface area contributed by atoms with Gasteiger partial charge in [-0.1, -0.05) is 13.8 Å². The largest absolute Gasteiger partial charge is 0.397 e. The zero-order chi connectivity index (χ0) is 44.1. The lowest BCUT2D eigenvalue weighted by atomic mass is 10.2. The fraction of sp³-hybridized carbons (Fsp3) is 0.174. The second-order valence-electron chi connectivity index (χ2n) is 14.4. The number of benzene rings is 4. The highest BCUT2D eigenvalue weighted by atomic mass is 32.1. The molecular weight excluding hydrogens is 837 g/mol. The first-order valence-electron chi connectivity index (χ1n) is 19.6. The molecule has 0 fully saturated rings. The molecule has 0 bridgehead atoms. The maximum Gasteiger partial charge on any atom is 0.294 e. The lowest BCUT2D eigenvalue weighted by Gasteiger charge is -2.13. The van der Waals surface area contributed by atoms with Crippen LogP contribution in [-0.4, -0.2) is 24.5 Å². The molecule has 10 nitrogen and oxygen atoms in total. The van der Waals surface area contributed by atoms with E-state index in [9.17, 15) is 27.7 Å². The highest BCUT2D eigenvalue weighted by molar-refractivity contribution is 7.15. The fourth-order valence-electron chi connectivity index (χ4n) is 6.71. The SMILES string of the molecule is CCc1cc(-c2ccc(C)s2)n(-c2ccc(NCc3cc(F)cc(F)c3)c(N)c2)n1.CCc1cc(-c2ccc(C)s2)n(-c2ccc(NCc3cc(F)cc(F)c3)c([N+](=O)[O-])c2)n1. The van der Waals surface area contributed by atoms with Crippen molar-refractivity contribution in [2.24, 2.45) is 0 Å². The minimum atomic E-state index is -0.701. The van der Waals surface area contributed by atoms with E-state index in [1.165, 1.54) is 35.2 Å². The zero-order valence-electron chi connectivity index (χ0n) is 34.2. The van der Waals surface area contributed by atoms with Crippen LogP contribution >= 0.6 is 22.7 Å². The van der Waals surface area contributed by atoms with Crippen molar-refractivity contribution in [1.82, 2.24) is 19.6 Å². The van der Waals surface area contributed by atoms with Gasteiger partial charge < -0.3 is 16.4 Å². The Morgan fingerprint density at radius 2 is 1.05 bits per heavy atom. The van der Waals surface area contributed by atoms with Crippen LogP contribution in [0.1, 0.15) is 46.1 Å². The molecule has 8 aromatic rings. The molecule has 16 heteroatoms. The average Bonchev–Trinajstić information content (AvgIpc) is 4.06. The molecule has 4 aromatic heterocycles. The van der Waals surface area contributed by atoms with Gasteiger partial charge in [-0.05, 0) is 129 Å². The minimum absolute atomic E-state index is 0.0380. The van der Waals surface area contributed by atoms with Crippen molar-refractivity contribution >= 4 is 45.4 Å². The first-order valence-corrected chi connectivity index (χ1v) is 21.3. The second kappa shape index (κ2) is 18.9. The molecule has 4 heterocycles. The summed E-state index contributed by atoms with van der Waals surface area (Å²) in [6, 6.07) is 29.3. The molecule has 0 amide bonds. The molecule has 0 saturated heterocycles. The van der Waals surface area contributed by atoms with Crippen molar-refractivity contribution < 1.29 is 22.5 Å². The number of thiophene rings is 2. The molecule has 0 saturated carbocycles. The van der Waals surface area contributed by atoms with Gasteiger partial charge >= 0.3 is 0 Å². The lowest BCUT2D eigenvalue weighted by Crippen LogP contribution is -2.05. The normalized spacial score (nSPS) is 11.0. The summed E-state index contributed by atoms with van der Waals surface area (Å²) in [5, 5.41) is 27.2. The number of nitrogens with two attached hydrogens (primary N) is 1. The first kappa shape index (κ1) is 43.3. The molecule has 4 aromatic carbocycles. The molecule has 0 aliphatic heterocycles. The predicted molar refractivity (Wildman–Crippen MR) is 240 cm³/mol. The summed E-state index contributed by atoms with van der Waals surface area (Å²) >= 11 is 3.35. The Morgan fingerprint density at radius 1 is 0.613 bits per heavy atom. The van der Waals surface area contributed by atoms with Gasteiger partial charge in [-0.25, -0.2) is 26.9 Å². The van der Waals surface area contributed by atoms with E-state index in [-0.39, 0.29) is 24.5 Å². The van der Waals surface area contributed by atoms with Crippen LogP contribution in [-0.2, 0) is 25.9 Å². The van der Waals surface area contributed by atoms with E-state index in [2.05, 4.69) is 47.8 Å². The Balaban J connectivity index is 0.000000187. The van der Waals surface area contributed by atoms with Crippen LogP contribution < -0.4 is 16.4 Å². The average molecular weight is 879 g/mol. The van der Waals surface area contributed by atoms with Gasteiger partial charge in [0.05, 0.1) is 60.2 Å². The Morgan fingerprint density at radius 3 is 1.45 bits per heavy atom. The highest BCUT2D eigenvalue weighted by Gasteiger charge is 2.20. The topological polar surface area (TPSA) is 129 Å². The van der Waals surface area contributed by atoms with E-state index in [4.69, 9.17) is 10.8 Å². The van der Waals surface area contributed by atoms with Crippen LogP contribution in [0.15, 0.2) is 109 Å². The van der Waals surface area contributed by atoms with Gasteiger partial charge in [0, 0.05) is 41.0 Å². The van der Waals surface area contributed by atoms with Crippen LogP contribution in [0.2, 0.25) is 0 Å². The molecule has 0 aliphatic carbocycles. The lowest BCUT2D eigenvalue weighted by molar-refractivity contribution is -0.383. The van der Waals surface area contributed by atoms with E-state index in [1.54, 1.807) is 39.5 Å². The Hall–Kier alpha value is -6.78. The van der Waals surface area contributed by atoms with Crippen molar-refractivity contribution in [3.8, 4) is 32.5 Å². The number of anilines is 3. The standard InChI is InChI=1S/C23H20F2N4O2S.C23H22F2N4S/c1-3-18-11-22(23-7-4-14(2)32-23)28(27-18)19-5-6-20(21(12-19)29(30)31)26-13-15-8-16(24)10-17(25)9-15;1-3-18-11-22(23-7-4-14(2)30-23)29(28-18)19-5-6-21(20(26)12-19)27-13-15-8-16(24)10-17(25)9-15/h4-12,26H,3,13H2,1-2H3;4-12,27H,3,13,26H2,1-2H3. The summed E-state index contributed by atoms with van der Waals surface area (Å²) in [4.78, 5) is 15.8. The summed E-state index contributed by atoms with van der Waals surface area (Å²) < 4.78 is 57.2. The zero-order valence-corrected chi connectivity index (χ0v) is 35.8. The number of nitrogens with zero attached hydrogens (tertiary/aromatic N) is 5. The monoisotopic (exact) mass is 878 g/mol. The Bertz CT molecular complexity index is 2840. The van der Waals surface area contributed by atoms with E-state index >= 15 is 0 Å². The Labute approximate surface area is 363 Å². The summed E-state index contributed by atoms with van der Waals surface area (Å²) in [7, 11) is 0. The van der Waals surface area contributed by atoms with Gasteiger partial charge in [0.15, 0.2) is 0 Å². The van der Waals surface area contributed by atoms with Gasteiger partial charge in [0.2, 0.25) is 0 Å². The number of nitro benzene ring substituents is 1. The van der Waals surface area contributed by atoms with Crippen LogP contribution in [0, 0.1) is 47.2 Å². The quantitative estimate of drug-likeness (QED) is 0.0455. The van der Waals surface area contributed by atoms with Gasteiger partial charge in [0.25, 0.3) is 5.69 Å². The minimum Gasteiger partial charge on any atom is -0.397 e. The molecule has 0 aliphatic rings. The predicted octanol–water partition coefficient (Wildman–Crippen LogP) is 12.2. The number of hydrogen-bond donors (Lipinski definition) is 3. The van der Waals surface area contributed by atoms with Gasteiger partial charge in [-0.3, -0.25) is 10.1 Å². The number of nitrogen functional groups attached to an aromatic ring is 1. The van der Waals surface area contributed by atoms with Gasteiger partial charge in [-0.15, -0.1) is 22.7 Å². The smallest absolute Gasteiger partial charge is 0.294 e. The summed E-state index contributed by atoms with van der Waals surface area (Å²) in [6.07, 6.45) is 1.57. The number of halogens is 4. The molecule has 8 rings (SSSR count). The summed E-state index contributed by atoms with van der Waals surface area (Å²) in [5.74, 6) is -2.60. The molecule has 0 unspecified atom stereocenters. The number of nitrogens with one attached hydrogen (secondary N) is 2. The third-order valence-electron chi connectivity index (χ3n) is 9.74. The second-order valence-corrected chi connectivity index (χ2v) is 17.0. The van der Waals surface area contributed by atoms with Crippen molar-refractivity contribution in [2.75, 3.05) is 16.4 Å². The summed E-state index contributed by atoms with van der Waals surface area (Å²) in [6.45, 7) is 8.48. The van der Waals surface area contributed by atoms with Crippen LogP contribution in [0.5, 0.6) is 0 Å². The van der Waals surface area contributed by atoms with Crippen LogP contribution in [0.25, 0.3) is 32.5 Å². The maximum absolute atomic E-state index is 13.4. The van der Waals surface area contributed by atoms with Crippen molar-refractivity contribution in [1.29, 1.82) is 0 Å². The van der Waals surface area contributed by atoms with E-state index in [0.29, 0.717) is 28.2 Å². The highest BCUT2D eigenvalue weighted by Crippen LogP contribution is 2.35. The molecule has 0 spiro atoms. The third-order valence-corrected chi connectivity index (χ3v) is 11.8. The number of aromatic nitrogens is 4. The molecule has 62 heavy (non-hydrogen) atoms. The number of aryl methyl sites for hydroxylation is 4. The molecule has 4 N–H and O–H groups in total. The maximum atomic E-state index is 13.4. The summed E-state index contributed by atoms with van der Waals surface area (Å²) in [5.41, 5.74) is 13.6. The van der Waals surface area contributed by atoms with Crippen LogP contribution in [0.4, 0.5) is 40.3 Å². The van der Waals surface area contributed by atoms with Gasteiger partial charge in [0.1, 0.15) is 29.0 Å². The van der Waals surface area contributed by atoms with E-state index < -0.39 is 28.2 Å². The van der Waals surface area contributed by atoms with E-state index in [0.717, 1.165) is 68.1 Å². The van der Waals surface area contributed by atoms with Crippen molar-refractivity contribution in [3.63, 3.8) is 0 Å².